The number of aromatic amines is 1. The fraction of sp³-hybridized carbons (Fsp3) is 0.333. The van der Waals surface area contributed by atoms with Crippen LogP contribution in [-0.4, -0.2) is 26.7 Å². The fourth-order valence-electron chi connectivity index (χ4n) is 2.12. The molecule has 0 spiro atoms. The molecule has 1 aromatic carbocycles. The van der Waals surface area contributed by atoms with E-state index in [2.05, 4.69) is 32.4 Å². The van der Waals surface area contributed by atoms with Gasteiger partial charge < -0.3 is 10.3 Å². The van der Waals surface area contributed by atoms with Crippen molar-refractivity contribution in [1.29, 1.82) is 0 Å². The first kappa shape index (κ1) is 15.9. The molecule has 3 rings (SSSR count). The first-order valence-corrected chi connectivity index (χ1v) is 9.16. The predicted octanol–water partition coefficient (Wildman–Crippen LogP) is 3.20. The first-order chi connectivity index (χ1) is 11.2. The Morgan fingerprint density at radius 2 is 2.22 bits per heavy atom. The van der Waals surface area contributed by atoms with Gasteiger partial charge in [0.2, 0.25) is 5.13 Å². The summed E-state index contributed by atoms with van der Waals surface area (Å²) in [6.45, 7) is 4.95. The summed E-state index contributed by atoms with van der Waals surface area (Å²) in [5, 5.41) is 12.9. The van der Waals surface area contributed by atoms with Crippen LogP contribution in [0, 0.1) is 6.92 Å². The zero-order valence-electron chi connectivity index (χ0n) is 12.9. The minimum absolute atomic E-state index is 0.100. The Labute approximate surface area is 141 Å². The van der Waals surface area contributed by atoms with E-state index in [9.17, 15) is 4.79 Å². The molecule has 6 nitrogen and oxygen atoms in total. The van der Waals surface area contributed by atoms with Crippen molar-refractivity contribution in [2.75, 3.05) is 11.9 Å². The summed E-state index contributed by atoms with van der Waals surface area (Å²) < 4.78 is 0.858. The van der Waals surface area contributed by atoms with Gasteiger partial charge in [0.25, 0.3) is 5.56 Å². The highest BCUT2D eigenvalue weighted by atomic mass is 32.2. The number of hydrogen-bond donors (Lipinski definition) is 2. The molecule has 0 amide bonds. The van der Waals surface area contributed by atoms with Gasteiger partial charge in [0.05, 0.1) is 16.7 Å². The smallest absolute Gasteiger partial charge is 0.258 e. The van der Waals surface area contributed by atoms with E-state index < -0.39 is 0 Å². The number of H-pyrrole nitrogens is 1. The van der Waals surface area contributed by atoms with Crippen molar-refractivity contribution in [2.45, 2.75) is 30.4 Å². The highest BCUT2D eigenvalue weighted by molar-refractivity contribution is 8.00. The molecule has 2 aromatic heterocycles. The van der Waals surface area contributed by atoms with E-state index in [1.807, 2.05) is 19.1 Å². The molecule has 0 unspecified atom stereocenters. The molecule has 0 aliphatic heterocycles. The molecule has 0 saturated heterocycles. The molecular formula is C15H17N5OS2. The van der Waals surface area contributed by atoms with Crippen LogP contribution in [0.5, 0.6) is 0 Å². The van der Waals surface area contributed by atoms with Crippen LogP contribution < -0.4 is 10.9 Å². The lowest BCUT2D eigenvalue weighted by molar-refractivity contribution is 0.950. The standard InChI is InChI=1S/C15H17N5OS2/c1-3-7-16-14-19-20-15(23-14)22-8-11-17-12-9(2)5-4-6-10(12)13(21)18-11/h4-6H,3,7-8H2,1-2H3,(H,16,19)(H,17,18,21). The van der Waals surface area contributed by atoms with E-state index in [-0.39, 0.29) is 5.56 Å². The van der Waals surface area contributed by atoms with E-state index in [0.29, 0.717) is 17.0 Å². The molecule has 0 bridgehead atoms. The fourth-order valence-corrected chi connectivity index (χ4v) is 3.77. The lowest BCUT2D eigenvalue weighted by atomic mass is 10.1. The summed E-state index contributed by atoms with van der Waals surface area (Å²) in [7, 11) is 0. The van der Waals surface area contributed by atoms with Crippen molar-refractivity contribution in [3.63, 3.8) is 0 Å². The van der Waals surface area contributed by atoms with Gasteiger partial charge in [-0.25, -0.2) is 4.98 Å². The lowest BCUT2D eigenvalue weighted by Gasteiger charge is -2.03. The topological polar surface area (TPSA) is 83.6 Å². The van der Waals surface area contributed by atoms with E-state index in [1.54, 1.807) is 6.07 Å². The van der Waals surface area contributed by atoms with Gasteiger partial charge in [0.1, 0.15) is 5.82 Å². The number of nitrogens with zero attached hydrogens (tertiary/aromatic N) is 3. The molecule has 8 heteroatoms. The van der Waals surface area contributed by atoms with Gasteiger partial charge in [-0.1, -0.05) is 42.2 Å². The molecule has 0 atom stereocenters. The summed E-state index contributed by atoms with van der Waals surface area (Å²) in [4.78, 5) is 19.6. The Kier molecular flexibility index (Phi) is 4.92. The van der Waals surface area contributed by atoms with Gasteiger partial charge in [-0.2, -0.15) is 0 Å². The van der Waals surface area contributed by atoms with E-state index >= 15 is 0 Å². The normalized spacial score (nSPS) is 11.0. The zero-order valence-corrected chi connectivity index (χ0v) is 14.6. The Morgan fingerprint density at radius 3 is 3.04 bits per heavy atom. The highest BCUT2D eigenvalue weighted by Crippen LogP contribution is 2.27. The van der Waals surface area contributed by atoms with Crippen molar-refractivity contribution in [3.8, 4) is 0 Å². The van der Waals surface area contributed by atoms with Gasteiger partial charge in [0, 0.05) is 6.54 Å². The second-order valence-electron chi connectivity index (χ2n) is 5.07. The Morgan fingerprint density at radius 1 is 1.35 bits per heavy atom. The number of benzene rings is 1. The molecule has 0 radical (unpaired) electrons. The van der Waals surface area contributed by atoms with Crippen molar-refractivity contribution in [3.05, 3.63) is 39.9 Å². The van der Waals surface area contributed by atoms with Gasteiger partial charge in [-0.3, -0.25) is 4.79 Å². The SMILES string of the molecule is CCCNc1nnc(SCc2nc3c(C)cccc3c(=O)[nH]2)s1. The summed E-state index contributed by atoms with van der Waals surface area (Å²) in [5.74, 6) is 1.21. The van der Waals surface area contributed by atoms with Crippen LogP contribution in [0.1, 0.15) is 24.7 Å². The minimum atomic E-state index is -0.100. The number of fused-ring (bicyclic) bond motifs is 1. The van der Waals surface area contributed by atoms with Gasteiger partial charge in [-0.05, 0) is 25.0 Å². The third-order valence-corrected chi connectivity index (χ3v) is 5.28. The second kappa shape index (κ2) is 7.10. The number of rotatable bonds is 6. The van der Waals surface area contributed by atoms with Crippen LogP contribution in [0.25, 0.3) is 10.9 Å². The van der Waals surface area contributed by atoms with Crippen LogP contribution in [0.4, 0.5) is 5.13 Å². The van der Waals surface area contributed by atoms with Crippen molar-refractivity contribution < 1.29 is 0 Å². The second-order valence-corrected chi connectivity index (χ2v) is 7.27. The van der Waals surface area contributed by atoms with Gasteiger partial charge in [-0.15, -0.1) is 10.2 Å². The molecule has 0 fully saturated rings. The number of thioether (sulfide) groups is 1. The van der Waals surface area contributed by atoms with Crippen LogP contribution in [0.15, 0.2) is 27.3 Å². The molecular weight excluding hydrogens is 330 g/mol. The maximum Gasteiger partial charge on any atom is 0.258 e. The zero-order chi connectivity index (χ0) is 16.2. The van der Waals surface area contributed by atoms with E-state index in [1.165, 1.54) is 23.1 Å². The van der Waals surface area contributed by atoms with Crippen LogP contribution >= 0.6 is 23.1 Å². The average molecular weight is 347 g/mol. The Balaban J connectivity index is 1.75. The molecule has 3 aromatic rings. The van der Waals surface area contributed by atoms with Crippen molar-refractivity contribution in [1.82, 2.24) is 20.2 Å². The summed E-state index contributed by atoms with van der Waals surface area (Å²) in [6.07, 6.45) is 1.05. The summed E-state index contributed by atoms with van der Waals surface area (Å²) >= 11 is 3.04. The number of aryl methyl sites for hydroxylation is 1. The Bertz CT molecular complexity index is 874. The quantitative estimate of drug-likeness (QED) is 0.666. The number of para-hydroxylation sites is 1. The minimum Gasteiger partial charge on any atom is -0.360 e. The number of hydrogen-bond acceptors (Lipinski definition) is 7. The van der Waals surface area contributed by atoms with Crippen LogP contribution in [-0.2, 0) is 5.75 Å². The maximum absolute atomic E-state index is 12.1. The van der Waals surface area contributed by atoms with E-state index in [4.69, 9.17) is 0 Å². The molecule has 0 aliphatic rings. The molecule has 23 heavy (non-hydrogen) atoms. The number of nitrogens with one attached hydrogen (secondary N) is 2. The molecule has 2 heterocycles. The Hall–Kier alpha value is -1.93. The number of aromatic nitrogens is 4. The van der Waals surface area contributed by atoms with Crippen LogP contribution in [0.3, 0.4) is 0 Å². The summed E-state index contributed by atoms with van der Waals surface area (Å²) in [6, 6.07) is 5.62. The predicted molar refractivity (Wildman–Crippen MR) is 95.4 cm³/mol. The molecule has 120 valence electrons. The van der Waals surface area contributed by atoms with Crippen LogP contribution in [0.2, 0.25) is 0 Å². The molecule has 0 aliphatic carbocycles. The van der Waals surface area contributed by atoms with Gasteiger partial charge in [0.15, 0.2) is 4.34 Å². The number of anilines is 1. The lowest BCUT2D eigenvalue weighted by Crippen LogP contribution is -2.11. The maximum atomic E-state index is 12.1. The monoisotopic (exact) mass is 347 g/mol. The van der Waals surface area contributed by atoms with Crippen molar-refractivity contribution in [2.24, 2.45) is 0 Å². The largest absolute Gasteiger partial charge is 0.360 e. The highest BCUT2D eigenvalue weighted by Gasteiger charge is 2.09. The van der Waals surface area contributed by atoms with E-state index in [0.717, 1.165) is 33.5 Å². The summed E-state index contributed by atoms with van der Waals surface area (Å²) in [5.41, 5.74) is 1.66. The molecule has 2 N–H and O–H groups in total. The molecule has 0 saturated carbocycles. The first-order valence-electron chi connectivity index (χ1n) is 7.36. The average Bonchev–Trinajstić information content (AvgIpc) is 3.00. The third kappa shape index (κ3) is 3.70. The van der Waals surface area contributed by atoms with Crippen molar-refractivity contribution >= 4 is 39.1 Å². The van der Waals surface area contributed by atoms with Gasteiger partial charge >= 0.3 is 0 Å². The third-order valence-electron chi connectivity index (χ3n) is 3.25.